The molecule has 0 aromatic heterocycles. The summed E-state index contributed by atoms with van der Waals surface area (Å²) in [6, 6.07) is 7.64. The average Bonchev–Trinajstić information content (AvgIpc) is 3.06. The number of nitro benzene ring substituents is 1. The lowest BCUT2D eigenvalue weighted by Crippen LogP contribution is -2.46. The van der Waals surface area contributed by atoms with Crippen molar-refractivity contribution in [3.8, 4) is 5.75 Å². The van der Waals surface area contributed by atoms with Crippen LogP contribution >= 0.6 is 0 Å². The summed E-state index contributed by atoms with van der Waals surface area (Å²) in [6.07, 6.45) is 0.157. The average molecular weight is 483 g/mol. The Morgan fingerprint density at radius 3 is 2.23 bits per heavy atom. The maximum atomic E-state index is 12.9. The fraction of sp³-hybridized carbons (Fsp3) is 0.333. The zero-order valence-electron chi connectivity index (χ0n) is 19.7. The minimum absolute atomic E-state index is 0.0458. The SMILES string of the molecule is COc1cc(NC(=O)COC(=O)C(CC(C)C)N2C(=O)c3ccccc3C2=O)c(C)cc1[N+](=O)[O-]. The van der Waals surface area contributed by atoms with E-state index in [1.807, 2.05) is 13.8 Å². The first-order chi connectivity index (χ1) is 16.5. The van der Waals surface area contributed by atoms with Crippen LogP contribution in [-0.4, -0.2) is 53.3 Å². The Hall–Kier alpha value is -4.28. The number of imide groups is 1. The van der Waals surface area contributed by atoms with Crippen LogP contribution in [0.25, 0.3) is 0 Å². The van der Waals surface area contributed by atoms with Crippen molar-refractivity contribution in [3.63, 3.8) is 0 Å². The second-order valence-electron chi connectivity index (χ2n) is 8.42. The highest BCUT2D eigenvalue weighted by Crippen LogP contribution is 2.33. The van der Waals surface area contributed by atoms with Crippen molar-refractivity contribution in [1.29, 1.82) is 0 Å². The minimum atomic E-state index is -1.20. The number of fused-ring (bicyclic) bond motifs is 1. The van der Waals surface area contributed by atoms with E-state index in [-0.39, 0.29) is 40.6 Å². The number of nitro groups is 1. The minimum Gasteiger partial charge on any atom is -0.490 e. The van der Waals surface area contributed by atoms with E-state index in [9.17, 15) is 29.3 Å². The third kappa shape index (κ3) is 5.29. The first-order valence-electron chi connectivity index (χ1n) is 10.8. The molecule has 0 spiro atoms. The van der Waals surface area contributed by atoms with Crippen LogP contribution in [0.3, 0.4) is 0 Å². The number of rotatable bonds is 9. The van der Waals surface area contributed by atoms with E-state index in [1.165, 1.54) is 31.4 Å². The number of nitrogens with one attached hydrogen (secondary N) is 1. The summed E-state index contributed by atoms with van der Waals surface area (Å²) in [5.74, 6) is -2.88. The van der Waals surface area contributed by atoms with Gasteiger partial charge in [0.1, 0.15) is 6.04 Å². The number of carbonyl (C=O) groups excluding carboxylic acids is 4. The van der Waals surface area contributed by atoms with Crippen molar-refractivity contribution in [2.45, 2.75) is 33.2 Å². The summed E-state index contributed by atoms with van der Waals surface area (Å²) in [4.78, 5) is 62.5. The maximum absolute atomic E-state index is 12.9. The predicted molar refractivity (Wildman–Crippen MR) is 124 cm³/mol. The number of benzene rings is 2. The second-order valence-corrected chi connectivity index (χ2v) is 8.42. The molecular formula is C24H25N3O8. The molecule has 1 N–H and O–H groups in total. The van der Waals surface area contributed by atoms with Crippen molar-refractivity contribution in [3.05, 3.63) is 63.2 Å². The number of nitrogens with zero attached hydrogens (tertiary/aromatic N) is 2. The quantitative estimate of drug-likeness (QED) is 0.248. The summed E-state index contributed by atoms with van der Waals surface area (Å²) >= 11 is 0. The number of esters is 1. The lowest BCUT2D eigenvalue weighted by atomic mass is 10.0. The molecule has 11 nitrogen and oxygen atoms in total. The Morgan fingerprint density at radius 1 is 1.11 bits per heavy atom. The number of anilines is 1. The highest BCUT2D eigenvalue weighted by atomic mass is 16.6. The van der Waals surface area contributed by atoms with E-state index in [0.29, 0.717) is 5.56 Å². The van der Waals surface area contributed by atoms with Gasteiger partial charge >= 0.3 is 11.7 Å². The first-order valence-corrected chi connectivity index (χ1v) is 10.8. The Labute approximate surface area is 201 Å². The summed E-state index contributed by atoms with van der Waals surface area (Å²) in [5, 5.41) is 13.7. The molecule has 0 fully saturated rings. The summed E-state index contributed by atoms with van der Waals surface area (Å²) in [6.45, 7) is 4.54. The second kappa shape index (κ2) is 10.3. The Balaban J connectivity index is 1.72. The molecule has 1 unspecified atom stereocenters. The van der Waals surface area contributed by atoms with Crippen molar-refractivity contribution >= 4 is 35.1 Å². The molecule has 2 aromatic rings. The van der Waals surface area contributed by atoms with Gasteiger partial charge in [0.25, 0.3) is 17.7 Å². The van der Waals surface area contributed by atoms with Crippen molar-refractivity contribution in [1.82, 2.24) is 4.90 Å². The molecule has 1 heterocycles. The number of carbonyl (C=O) groups is 4. The molecule has 2 aromatic carbocycles. The van der Waals surface area contributed by atoms with Crippen molar-refractivity contribution < 1.29 is 33.6 Å². The zero-order valence-corrected chi connectivity index (χ0v) is 19.7. The molecule has 1 aliphatic heterocycles. The van der Waals surface area contributed by atoms with Crippen LogP contribution in [0, 0.1) is 23.0 Å². The molecule has 3 rings (SSSR count). The standard InChI is InChI=1S/C24H25N3O8/c1-13(2)9-19(26-22(29)15-7-5-6-8-16(15)23(26)30)24(31)35-12-21(28)25-17-11-20(34-4)18(27(32)33)10-14(17)3/h5-8,10-11,13,19H,9,12H2,1-4H3,(H,25,28). The van der Waals surface area contributed by atoms with Gasteiger partial charge in [-0.15, -0.1) is 0 Å². The van der Waals surface area contributed by atoms with Crippen LogP contribution in [0.4, 0.5) is 11.4 Å². The fourth-order valence-electron chi connectivity index (χ4n) is 3.78. The van der Waals surface area contributed by atoms with E-state index in [0.717, 1.165) is 4.90 Å². The molecule has 3 amide bonds. The van der Waals surface area contributed by atoms with Gasteiger partial charge in [0.05, 0.1) is 23.2 Å². The van der Waals surface area contributed by atoms with Crippen LogP contribution in [0.5, 0.6) is 5.75 Å². The Morgan fingerprint density at radius 2 is 1.71 bits per heavy atom. The summed E-state index contributed by atoms with van der Waals surface area (Å²) in [7, 11) is 1.26. The van der Waals surface area contributed by atoms with Gasteiger partial charge in [-0.25, -0.2) is 4.79 Å². The molecule has 184 valence electrons. The van der Waals surface area contributed by atoms with Gasteiger partial charge in [-0.3, -0.25) is 29.4 Å². The van der Waals surface area contributed by atoms with Crippen LogP contribution in [0.15, 0.2) is 36.4 Å². The third-order valence-electron chi connectivity index (χ3n) is 5.45. The normalized spacial score (nSPS) is 13.5. The van der Waals surface area contributed by atoms with Crippen molar-refractivity contribution in [2.24, 2.45) is 5.92 Å². The van der Waals surface area contributed by atoms with Gasteiger partial charge < -0.3 is 14.8 Å². The van der Waals surface area contributed by atoms with E-state index in [4.69, 9.17) is 9.47 Å². The number of aryl methyl sites for hydroxylation is 1. The number of amides is 3. The predicted octanol–water partition coefficient (Wildman–Crippen LogP) is 3.10. The molecule has 35 heavy (non-hydrogen) atoms. The number of ether oxygens (including phenoxy) is 2. The molecule has 0 aliphatic carbocycles. The lowest BCUT2D eigenvalue weighted by molar-refractivity contribution is -0.385. The monoisotopic (exact) mass is 483 g/mol. The smallest absolute Gasteiger partial charge is 0.329 e. The molecule has 1 aliphatic rings. The van der Waals surface area contributed by atoms with Crippen LogP contribution in [0.2, 0.25) is 0 Å². The molecule has 0 radical (unpaired) electrons. The largest absolute Gasteiger partial charge is 0.490 e. The van der Waals surface area contributed by atoms with E-state index in [1.54, 1.807) is 19.1 Å². The van der Waals surface area contributed by atoms with Gasteiger partial charge in [0, 0.05) is 17.8 Å². The van der Waals surface area contributed by atoms with Crippen LogP contribution in [0.1, 0.15) is 46.5 Å². The number of hydrogen-bond donors (Lipinski definition) is 1. The van der Waals surface area contributed by atoms with Crippen molar-refractivity contribution in [2.75, 3.05) is 19.0 Å². The lowest BCUT2D eigenvalue weighted by Gasteiger charge is -2.25. The first kappa shape index (κ1) is 25.3. The van der Waals surface area contributed by atoms with E-state index in [2.05, 4.69) is 5.32 Å². The zero-order chi connectivity index (χ0) is 25.9. The van der Waals surface area contributed by atoms with Gasteiger partial charge in [0.2, 0.25) is 0 Å². The number of methoxy groups -OCH3 is 1. The summed E-state index contributed by atoms with van der Waals surface area (Å²) in [5.41, 5.74) is 0.805. The number of hydrogen-bond acceptors (Lipinski definition) is 8. The highest BCUT2D eigenvalue weighted by molar-refractivity contribution is 6.22. The highest BCUT2D eigenvalue weighted by Gasteiger charge is 2.43. The molecule has 0 saturated carbocycles. The molecule has 1 atom stereocenters. The van der Waals surface area contributed by atoms with Crippen LogP contribution < -0.4 is 10.1 Å². The van der Waals surface area contributed by atoms with Gasteiger partial charge in [-0.1, -0.05) is 26.0 Å². The molecular weight excluding hydrogens is 458 g/mol. The maximum Gasteiger partial charge on any atom is 0.329 e. The molecule has 11 heteroatoms. The fourth-order valence-corrected chi connectivity index (χ4v) is 3.78. The van der Waals surface area contributed by atoms with Gasteiger partial charge in [-0.05, 0) is 37.0 Å². The molecule has 0 saturated heterocycles. The van der Waals surface area contributed by atoms with E-state index >= 15 is 0 Å². The third-order valence-corrected chi connectivity index (χ3v) is 5.45. The molecule has 0 bridgehead atoms. The summed E-state index contributed by atoms with van der Waals surface area (Å²) < 4.78 is 10.2. The van der Waals surface area contributed by atoms with Gasteiger partial charge in [0.15, 0.2) is 12.4 Å². The van der Waals surface area contributed by atoms with Crippen LogP contribution in [-0.2, 0) is 14.3 Å². The van der Waals surface area contributed by atoms with Gasteiger partial charge in [-0.2, -0.15) is 0 Å². The Kier molecular flexibility index (Phi) is 7.48. The Bertz CT molecular complexity index is 1170. The van der Waals surface area contributed by atoms with E-state index < -0.39 is 41.3 Å². The topological polar surface area (TPSA) is 145 Å².